The molecule has 0 aliphatic heterocycles. The molecule has 0 saturated heterocycles. The Kier molecular flexibility index (Phi) is 14.3. The third kappa shape index (κ3) is 9.90. The Bertz CT molecular complexity index is 1320. The van der Waals surface area contributed by atoms with E-state index in [1.54, 1.807) is 0 Å². The van der Waals surface area contributed by atoms with Crippen LogP contribution in [0.15, 0.2) is 24.3 Å². The van der Waals surface area contributed by atoms with Crippen LogP contribution < -0.4 is 4.74 Å². The number of benzene rings is 2. The number of nitro groups is 1. The number of non-ortho nitro benzene ring substituents is 1. The molecule has 0 spiro atoms. The number of carbonyl (C=O) groups is 4. The number of hydrogen-bond donors (Lipinski definition) is 2. The SMILES string of the molecule is CCCCCC(=O)Oc1c(O)c(O)c(C(=O)CCCCC)c(C(=O)OCc2cccc([N+](=O)[O-])c2)c1C(=O)CCCCC. The smallest absolute Gasteiger partial charge is 0.340 e. The first-order valence-electron chi connectivity index (χ1n) is 14.9. The van der Waals surface area contributed by atoms with Crippen LogP contribution in [0.2, 0.25) is 0 Å². The minimum atomic E-state index is -1.19. The Balaban J connectivity index is 2.70. The van der Waals surface area contributed by atoms with Crippen LogP contribution in [0, 0.1) is 10.1 Å². The number of aromatic hydroxyl groups is 2. The third-order valence-corrected chi connectivity index (χ3v) is 6.87. The van der Waals surface area contributed by atoms with Gasteiger partial charge in [-0.15, -0.1) is 0 Å². The predicted molar refractivity (Wildman–Crippen MR) is 159 cm³/mol. The van der Waals surface area contributed by atoms with E-state index in [1.165, 1.54) is 24.3 Å². The standard InChI is InChI=1S/C32H41NO10/c1-4-7-10-16-23(34)26-28(32(39)42-20-21-14-13-15-22(19-21)33(40)41)27(24(35)17-11-8-5-2)31(30(38)29(26)37)43-25(36)18-12-9-6-3/h13-15,19,37-38H,4-12,16-18,20H2,1-3H3. The van der Waals surface area contributed by atoms with E-state index in [4.69, 9.17) is 9.47 Å². The van der Waals surface area contributed by atoms with Gasteiger partial charge >= 0.3 is 11.9 Å². The molecule has 0 bridgehead atoms. The van der Waals surface area contributed by atoms with Crippen LogP contribution in [-0.4, -0.2) is 38.6 Å². The summed E-state index contributed by atoms with van der Waals surface area (Å²) >= 11 is 0. The molecule has 0 atom stereocenters. The molecule has 0 fully saturated rings. The highest BCUT2D eigenvalue weighted by atomic mass is 16.6. The van der Waals surface area contributed by atoms with E-state index in [0.717, 1.165) is 25.7 Å². The molecule has 234 valence electrons. The molecule has 0 saturated carbocycles. The molecule has 0 amide bonds. The molecule has 2 aromatic carbocycles. The number of esters is 2. The van der Waals surface area contributed by atoms with Gasteiger partial charge in [0.2, 0.25) is 5.75 Å². The number of unbranched alkanes of at least 4 members (excludes halogenated alkanes) is 6. The van der Waals surface area contributed by atoms with Crippen LogP contribution in [0.5, 0.6) is 17.2 Å². The summed E-state index contributed by atoms with van der Waals surface area (Å²) in [6.07, 6.45) is 5.59. The van der Waals surface area contributed by atoms with Crippen LogP contribution in [-0.2, 0) is 16.1 Å². The second kappa shape index (κ2) is 17.6. The predicted octanol–water partition coefficient (Wildman–Crippen LogP) is 7.37. The molecular formula is C32H41NO10. The van der Waals surface area contributed by atoms with Crippen LogP contribution in [0.1, 0.15) is 134 Å². The number of phenols is 2. The molecule has 0 aliphatic rings. The van der Waals surface area contributed by atoms with Crippen molar-refractivity contribution in [3.8, 4) is 17.2 Å². The Morgan fingerprint density at radius 2 is 1.33 bits per heavy atom. The summed E-state index contributed by atoms with van der Waals surface area (Å²) in [4.78, 5) is 63.9. The van der Waals surface area contributed by atoms with Crippen molar-refractivity contribution < 1.29 is 43.8 Å². The summed E-state index contributed by atoms with van der Waals surface area (Å²) in [5, 5.41) is 33.2. The van der Waals surface area contributed by atoms with E-state index >= 15 is 0 Å². The third-order valence-electron chi connectivity index (χ3n) is 6.87. The van der Waals surface area contributed by atoms with Gasteiger partial charge in [0.05, 0.1) is 21.6 Å². The highest BCUT2D eigenvalue weighted by molar-refractivity contribution is 6.17. The fourth-order valence-electron chi connectivity index (χ4n) is 4.53. The van der Waals surface area contributed by atoms with Crippen LogP contribution in [0.4, 0.5) is 5.69 Å². The summed E-state index contributed by atoms with van der Waals surface area (Å²) in [7, 11) is 0. The Hall–Kier alpha value is -4.28. The zero-order valence-electron chi connectivity index (χ0n) is 25.1. The molecule has 0 aliphatic carbocycles. The van der Waals surface area contributed by atoms with Crippen molar-refractivity contribution in [2.75, 3.05) is 0 Å². The maximum absolute atomic E-state index is 13.7. The maximum Gasteiger partial charge on any atom is 0.340 e. The molecular weight excluding hydrogens is 558 g/mol. The van der Waals surface area contributed by atoms with E-state index in [2.05, 4.69) is 0 Å². The molecule has 2 aromatic rings. The first-order valence-corrected chi connectivity index (χ1v) is 14.9. The summed E-state index contributed by atoms with van der Waals surface area (Å²) in [5.74, 6) is -6.04. The van der Waals surface area contributed by atoms with E-state index in [0.29, 0.717) is 32.1 Å². The molecule has 0 unspecified atom stereocenters. The second-order valence-corrected chi connectivity index (χ2v) is 10.3. The number of nitrogens with zero attached hydrogens (tertiary/aromatic N) is 1. The van der Waals surface area contributed by atoms with Gasteiger partial charge in [-0.25, -0.2) is 4.79 Å². The molecule has 11 heteroatoms. The quantitative estimate of drug-likeness (QED) is 0.0316. The largest absolute Gasteiger partial charge is 0.504 e. The Morgan fingerprint density at radius 1 is 0.767 bits per heavy atom. The summed E-state index contributed by atoms with van der Waals surface area (Å²) < 4.78 is 10.8. The van der Waals surface area contributed by atoms with Gasteiger partial charge in [-0.3, -0.25) is 24.5 Å². The zero-order chi connectivity index (χ0) is 31.9. The number of ether oxygens (including phenoxy) is 2. The van der Waals surface area contributed by atoms with Crippen LogP contribution in [0.3, 0.4) is 0 Å². The Morgan fingerprint density at radius 3 is 1.88 bits per heavy atom. The average molecular weight is 600 g/mol. The minimum Gasteiger partial charge on any atom is -0.504 e. The van der Waals surface area contributed by atoms with Crippen molar-refractivity contribution in [1.29, 1.82) is 0 Å². The summed E-state index contributed by atoms with van der Waals surface area (Å²) in [5.41, 5.74) is -1.69. The van der Waals surface area contributed by atoms with Crippen molar-refractivity contribution in [3.05, 3.63) is 56.6 Å². The first kappa shape index (κ1) is 34.9. The number of carbonyl (C=O) groups excluding carboxylic acids is 4. The number of ketones is 2. The van der Waals surface area contributed by atoms with Gasteiger partial charge < -0.3 is 19.7 Å². The fourth-order valence-corrected chi connectivity index (χ4v) is 4.53. The van der Waals surface area contributed by atoms with Gasteiger partial charge in [0.15, 0.2) is 23.1 Å². The molecule has 0 radical (unpaired) electrons. The number of nitro benzene ring substituents is 1. The zero-order valence-corrected chi connectivity index (χ0v) is 25.1. The van der Waals surface area contributed by atoms with Gasteiger partial charge in [-0.1, -0.05) is 71.4 Å². The number of hydrogen-bond acceptors (Lipinski definition) is 10. The lowest BCUT2D eigenvalue weighted by Gasteiger charge is -2.20. The van der Waals surface area contributed by atoms with E-state index in [9.17, 15) is 39.5 Å². The van der Waals surface area contributed by atoms with E-state index < -0.39 is 69.0 Å². The second-order valence-electron chi connectivity index (χ2n) is 10.3. The molecule has 43 heavy (non-hydrogen) atoms. The van der Waals surface area contributed by atoms with Crippen LogP contribution in [0.25, 0.3) is 0 Å². The van der Waals surface area contributed by atoms with Crippen molar-refractivity contribution >= 4 is 29.2 Å². The Labute approximate surface area is 251 Å². The molecule has 2 N–H and O–H groups in total. The molecule has 2 rings (SSSR count). The lowest BCUT2D eigenvalue weighted by Crippen LogP contribution is -2.21. The number of phenolic OH excluding ortho intramolecular Hbond substituents is 2. The van der Waals surface area contributed by atoms with Crippen LogP contribution >= 0.6 is 0 Å². The minimum absolute atomic E-state index is 0.0399. The summed E-state index contributed by atoms with van der Waals surface area (Å²) in [6, 6.07) is 5.38. The normalized spacial score (nSPS) is 10.8. The highest BCUT2D eigenvalue weighted by Crippen LogP contribution is 2.46. The van der Waals surface area contributed by atoms with Gasteiger partial charge in [-0.2, -0.15) is 0 Å². The lowest BCUT2D eigenvalue weighted by molar-refractivity contribution is -0.384. The topological polar surface area (TPSA) is 170 Å². The van der Waals surface area contributed by atoms with Gasteiger partial charge in [0, 0.05) is 31.4 Å². The highest BCUT2D eigenvalue weighted by Gasteiger charge is 2.36. The number of rotatable bonds is 19. The van der Waals surface area contributed by atoms with Crippen molar-refractivity contribution in [3.63, 3.8) is 0 Å². The summed E-state index contributed by atoms with van der Waals surface area (Å²) in [6.45, 7) is 5.36. The molecule has 11 nitrogen and oxygen atoms in total. The maximum atomic E-state index is 13.7. The van der Waals surface area contributed by atoms with Gasteiger partial charge in [-0.05, 0) is 24.8 Å². The van der Waals surface area contributed by atoms with Crippen molar-refractivity contribution in [1.82, 2.24) is 0 Å². The molecule has 0 aromatic heterocycles. The fraction of sp³-hybridized carbons (Fsp3) is 0.500. The average Bonchev–Trinajstić information content (AvgIpc) is 2.98. The number of Topliss-reactive ketones (excluding diaryl/α,β-unsaturated/α-hetero) is 2. The van der Waals surface area contributed by atoms with E-state index in [-0.39, 0.29) is 30.5 Å². The molecule has 0 heterocycles. The van der Waals surface area contributed by atoms with Gasteiger partial charge in [0.1, 0.15) is 6.61 Å². The van der Waals surface area contributed by atoms with Crippen molar-refractivity contribution in [2.45, 2.75) is 104 Å². The van der Waals surface area contributed by atoms with E-state index in [1.807, 2.05) is 20.8 Å². The lowest BCUT2D eigenvalue weighted by atomic mass is 9.89. The monoisotopic (exact) mass is 599 g/mol. The van der Waals surface area contributed by atoms with Gasteiger partial charge in [0.25, 0.3) is 5.69 Å². The van der Waals surface area contributed by atoms with Crippen molar-refractivity contribution in [2.24, 2.45) is 0 Å². The first-order chi connectivity index (χ1) is 20.6.